The average Bonchev–Trinajstić information content (AvgIpc) is 2.75. The maximum absolute atomic E-state index is 14.0. The largest absolute Gasteiger partial charge is 0.351 e. The zero-order valence-corrected chi connectivity index (χ0v) is 16.7. The molecule has 1 aliphatic heterocycles. The molecule has 0 bridgehead atoms. The summed E-state index contributed by atoms with van der Waals surface area (Å²) in [5.41, 5.74) is 0.645. The normalized spacial score (nSPS) is 15.3. The minimum atomic E-state index is -0.876. The topological polar surface area (TPSA) is 104 Å². The number of nitrogens with one attached hydrogen (secondary N) is 2. The molecule has 8 nitrogen and oxygen atoms in total. The van der Waals surface area contributed by atoms with Gasteiger partial charge in [0.2, 0.25) is 11.8 Å². The smallest absolute Gasteiger partial charge is 0.274 e. The predicted molar refractivity (Wildman–Crippen MR) is 107 cm³/mol. The standard InChI is InChI=1S/C21H24FN5O3/c1-14(28)25-18(12-15-4-2-3-5-17(15)22)20(29)26-16-6-10-27(11-7-16)21(30)19-13-23-8-9-24-19/h2-5,8-9,13,16,18H,6-7,10-12H2,1H3,(H,25,28)(H,26,29). The molecule has 0 spiro atoms. The first-order valence-electron chi connectivity index (χ1n) is 9.80. The summed E-state index contributed by atoms with van der Waals surface area (Å²) < 4.78 is 14.0. The third-order valence-corrected chi connectivity index (χ3v) is 4.99. The van der Waals surface area contributed by atoms with Crippen molar-refractivity contribution in [1.29, 1.82) is 0 Å². The van der Waals surface area contributed by atoms with Gasteiger partial charge in [0, 0.05) is 44.9 Å². The van der Waals surface area contributed by atoms with Gasteiger partial charge >= 0.3 is 0 Å². The van der Waals surface area contributed by atoms with Crippen LogP contribution in [0.25, 0.3) is 0 Å². The lowest BCUT2D eigenvalue weighted by Crippen LogP contribution is -2.53. The first kappa shape index (κ1) is 21.4. The number of rotatable bonds is 6. The van der Waals surface area contributed by atoms with Crippen LogP contribution in [0.15, 0.2) is 42.9 Å². The van der Waals surface area contributed by atoms with Crippen LogP contribution in [0, 0.1) is 5.82 Å². The van der Waals surface area contributed by atoms with E-state index in [1.807, 2.05) is 0 Å². The molecule has 1 aliphatic rings. The molecular formula is C21H24FN5O3. The molecule has 9 heteroatoms. The number of benzene rings is 1. The molecule has 158 valence electrons. The molecule has 3 rings (SSSR count). The molecule has 2 heterocycles. The molecule has 0 radical (unpaired) electrons. The molecule has 3 amide bonds. The Morgan fingerprint density at radius 3 is 2.57 bits per heavy atom. The highest BCUT2D eigenvalue weighted by molar-refractivity contribution is 5.92. The Hall–Kier alpha value is -3.36. The third kappa shape index (κ3) is 5.59. The highest BCUT2D eigenvalue weighted by atomic mass is 19.1. The van der Waals surface area contributed by atoms with E-state index in [9.17, 15) is 18.8 Å². The van der Waals surface area contributed by atoms with Gasteiger partial charge in [0.1, 0.15) is 17.6 Å². The lowest BCUT2D eigenvalue weighted by atomic mass is 10.0. The van der Waals surface area contributed by atoms with E-state index < -0.39 is 11.9 Å². The summed E-state index contributed by atoms with van der Waals surface area (Å²) in [4.78, 5) is 46.4. The minimum absolute atomic E-state index is 0.0576. The summed E-state index contributed by atoms with van der Waals surface area (Å²) in [5, 5.41) is 5.52. The van der Waals surface area contributed by atoms with Crippen LogP contribution in [0.3, 0.4) is 0 Å². The number of carbonyl (C=O) groups excluding carboxylic acids is 3. The molecule has 2 aromatic rings. The van der Waals surface area contributed by atoms with Gasteiger partial charge in [-0.3, -0.25) is 19.4 Å². The maximum Gasteiger partial charge on any atom is 0.274 e. The Kier molecular flexibility index (Phi) is 7.05. The van der Waals surface area contributed by atoms with E-state index in [0.29, 0.717) is 31.5 Å². The lowest BCUT2D eigenvalue weighted by Gasteiger charge is -2.33. The number of likely N-dealkylation sites (tertiary alicyclic amines) is 1. The van der Waals surface area contributed by atoms with Gasteiger partial charge in [-0.2, -0.15) is 0 Å². The predicted octanol–water partition coefficient (Wildman–Crippen LogP) is 1.08. The average molecular weight is 413 g/mol. The van der Waals surface area contributed by atoms with Crippen molar-refractivity contribution < 1.29 is 18.8 Å². The first-order valence-corrected chi connectivity index (χ1v) is 9.80. The molecule has 2 N–H and O–H groups in total. The molecule has 1 aromatic heterocycles. The summed E-state index contributed by atoms with van der Waals surface area (Å²) >= 11 is 0. The van der Waals surface area contributed by atoms with Crippen LogP contribution in [-0.4, -0.2) is 57.8 Å². The van der Waals surface area contributed by atoms with Gasteiger partial charge in [0.15, 0.2) is 0 Å². The molecule has 1 fully saturated rings. The van der Waals surface area contributed by atoms with Crippen molar-refractivity contribution in [2.45, 2.75) is 38.3 Å². The molecule has 1 aromatic carbocycles. The van der Waals surface area contributed by atoms with E-state index in [-0.39, 0.29) is 35.9 Å². The molecule has 1 atom stereocenters. The van der Waals surface area contributed by atoms with Crippen molar-refractivity contribution in [3.05, 3.63) is 59.9 Å². The zero-order chi connectivity index (χ0) is 21.5. The number of hydrogen-bond donors (Lipinski definition) is 2. The van der Waals surface area contributed by atoms with E-state index >= 15 is 0 Å². The van der Waals surface area contributed by atoms with E-state index in [1.165, 1.54) is 31.6 Å². The number of aromatic nitrogens is 2. The first-order chi connectivity index (χ1) is 14.4. The quantitative estimate of drug-likeness (QED) is 0.738. The number of carbonyl (C=O) groups is 3. The van der Waals surface area contributed by atoms with Gasteiger partial charge in [0.25, 0.3) is 5.91 Å². The Balaban J connectivity index is 1.56. The highest BCUT2D eigenvalue weighted by Crippen LogP contribution is 2.14. The molecule has 0 saturated carbocycles. The van der Waals surface area contributed by atoms with Crippen LogP contribution < -0.4 is 10.6 Å². The molecular weight excluding hydrogens is 389 g/mol. The molecule has 30 heavy (non-hydrogen) atoms. The van der Waals surface area contributed by atoms with E-state index in [1.54, 1.807) is 23.1 Å². The minimum Gasteiger partial charge on any atom is -0.351 e. The van der Waals surface area contributed by atoms with Crippen LogP contribution in [0.5, 0.6) is 0 Å². The fourth-order valence-electron chi connectivity index (χ4n) is 3.44. The van der Waals surface area contributed by atoms with Crippen molar-refractivity contribution in [3.63, 3.8) is 0 Å². The summed E-state index contributed by atoms with van der Waals surface area (Å²) in [6, 6.07) is 5.16. The summed E-state index contributed by atoms with van der Waals surface area (Å²) in [7, 11) is 0. The van der Waals surface area contributed by atoms with Gasteiger partial charge in [-0.05, 0) is 24.5 Å². The van der Waals surface area contributed by atoms with E-state index in [2.05, 4.69) is 20.6 Å². The van der Waals surface area contributed by atoms with Crippen molar-refractivity contribution in [1.82, 2.24) is 25.5 Å². The molecule has 1 saturated heterocycles. The number of hydrogen-bond acceptors (Lipinski definition) is 5. The van der Waals surface area contributed by atoms with Crippen LogP contribution in [0.4, 0.5) is 4.39 Å². The summed E-state index contributed by atoms with van der Waals surface area (Å²) in [6.07, 6.45) is 5.61. The zero-order valence-electron chi connectivity index (χ0n) is 16.7. The third-order valence-electron chi connectivity index (χ3n) is 4.99. The second kappa shape index (κ2) is 9.91. The molecule has 1 unspecified atom stereocenters. The number of amides is 3. The fourth-order valence-corrected chi connectivity index (χ4v) is 3.44. The van der Waals surface area contributed by atoms with Gasteiger partial charge < -0.3 is 15.5 Å². The van der Waals surface area contributed by atoms with Gasteiger partial charge in [0.05, 0.1) is 6.20 Å². The monoisotopic (exact) mass is 413 g/mol. The van der Waals surface area contributed by atoms with Gasteiger partial charge in [-0.15, -0.1) is 0 Å². The summed E-state index contributed by atoms with van der Waals surface area (Å²) in [5.74, 6) is -1.34. The Labute approximate surface area is 173 Å². The number of piperidine rings is 1. The Morgan fingerprint density at radius 1 is 1.20 bits per heavy atom. The van der Waals surface area contributed by atoms with E-state index in [4.69, 9.17) is 0 Å². The Bertz CT molecular complexity index is 901. The lowest BCUT2D eigenvalue weighted by molar-refractivity contribution is -0.128. The second-order valence-electron chi connectivity index (χ2n) is 7.21. The van der Waals surface area contributed by atoms with Gasteiger partial charge in [-0.25, -0.2) is 9.37 Å². The van der Waals surface area contributed by atoms with Crippen molar-refractivity contribution in [3.8, 4) is 0 Å². The maximum atomic E-state index is 14.0. The highest BCUT2D eigenvalue weighted by Gasteiger charge is 2.28. The SMILES string of the molecule is CC(=O)NC(Cc1ccccc1F)C(=O)NC1CCN(C(=O)c2cnccn2)CC1. The summed E-state index contributed by atoms with van der Waals surface area (Å²) in [6.45, 7) is 2.26. The second-order valence-corrected chi connectivity index (χ2v) is 7.21. The number of nitrogens with zero attached hydrogens (tertiary/aromatic N) is 3. The number of halogens is 1. The van der Waals surface area contributed by atoms with Crippen molar-refractivity contribution in [2.24, 2.45) is 0 Å². The van der Waals surface area contributed by atoms with Crippen LogP contribution in [0.2, 0.25) is 0 Å². The van der Waals surface area contributed by atoms with Gasteiger partial charge in [-0.1, -0.05) is 18.2 Å². The van der Waals surface area contributed by atoms with E-state index in [0.717, 1.165) is 0 Å². The fraction of sp³-hybridized carbons (Fsp3) is 0.381. The van der Waals surface area contributed by atoms with Crippen molar-refractivity contribution >= 4 is 17.7 Å². The van der Waals surface area contributed by atoms with Crippen LogP contribution in [-0.2, 0) is 16.0 Å². The Morgan fingerprint density at radius 2 is 1.93 bits per heavy atom. The van der Waals surface area contributed by atoms with Crippen molar-refractivity contribution in [2.75, 3.05) is 13.1 Å². The molecule has 0 aliphatic carbocycles. The van der Waals surface area contributed by atoms with Crippen LogP contribution >= 0.6 is 0 Å². The van der Waals surface area contributed by atoms with Crippen LogP contribution in [0.1, 0.15) is 35.8 Å².